The van der Waals surface area contributed by atoms with E-state index in [1.165, 1.54) is 25.9 Å². The molecule has 1 aromatic rings. The normalized spacial score (nSPS) is 16.9. The highest BCUT2D eigenvalue weighted by Gasteiger charge is 2.14. The van der Waals surface area contributed by atoms with Crippen LogP contribution in [0.2, 0.25) is 0 Å². The predicted molar refractivity (Wildman–Crippen MR) is 59.2 cm³/mol. The lowest BCUT2D eigenvalue weighted by atomic mass is 10.2. The highest BCUT2D eigenvalue weighted by atomic mass is 16.5. The van der Waals surface area contributed by atoms with Crippen LogP contribution in [-0.2, 0) is 6.54 Å². The second-order valence-corrected chi connectivity index (χ2v) is 3.98. The summed E-state index contributed by atoms with van der Waals surface area (Å²) >= 11 is 0. The molecule has 1 saturated heterocycles. The summed E-state index contributed by atoms with van der Waals surface area (Å²) in [6, 6.07) is 5.33. The molecule has 0 spiro atoms. The van der Waals surface area contributed by atoms with Crippen molar-refractivity contribution < 1.29 is 9.84 Å². The van der Waals surface area contributed by atoms with Crippen molar-refractivity contribution in [2.75, 3.05) is 20.2 Å². The number of rotatable bonds is 3. The molecule has 3 nitrogen and oxygen atoms in total. The first-order chi connectivity index (χ1) is 7.29. The summed E-state index contributed by atoms with van der Waals surface area (Å²) in [4.78, 5) is 2.41. The summed E-state index contributed by atoms with van der Waals surface area (Å²) in [5.74, 6) is 1.04. The molecular formula is C12H17NO2. The topological polar surface area (TPSA) is 32.7 Å². The number of benzene rings is 1. The van der Waals surface area contributed by atoms with Crippen LogP contribution >= 0.6 is 0 Å². The fourth-order valence-corrected chi connectivity index (χ4v) is 2.05. The van der Waals surface area contributed by atoms with E-state index in [0.717, 1.165) is 17.9 Å². The number of phenols is 1. The van der Waals surface area contributed by atoms with Gasteiger partial charge in [-0.05, 0) is 32.0 Å². The quantitative estimate of drug-likeness (QED) is 0.822. The van der Waals surface area contributed by atoms with Gasteiger partial charge in [-0.3, -0.25) is 4.90 Å². The van der Waals surface area contributed by atoms with Crippen LogP contribution in [0.3, 0.4) is 0 Å². The summed E-state index contributed by atoms with van der Waals surface area (Å²) in [5, 5.41) is 9.34. The smallest absolute Gasteiger partial charge is 0.127 e. The van der Waals surface area contributed by atoms with Crippen molar-refractivity contribution in [3.05, 3.63) is 23.8 Å². The van der Waals surface area contributed by atoms with Crippen LogP contribution < -0.4 is 4.74 Å². The van der Waals surface area contributed by atoms with E-state index in [-0.39, 0.29) is 5.75 Å². The second-order valence-electron chi connectivity index (χ2n) is 3.98. The minimum absolute atomic E-state index is 0.261. The molecule has 0 radical (unpaired) electrons. The number of phenolic OH excluding ortho intramolecular Hbond substituents is 1. The molecule has 0 aliphatic carbocycles. The molecule has 1 N–H and O–H groups in total. The number of aromatic hydroxyl groups is 1. The van der Waals surface area contributed by atoms with Crippen LogP contribution in [0.15, 0.2) is 18.2 Å². The zero-order valence-electron chi connectivity index (χ0n) is 9.07. The maximum absolute atomic E-state index is 9.34. The lowest BCUT2D eigenvalue weighted by molar-refractivity contribution is 0.320. The Hall–Kier alpha value is -1.22. The largest absolute Gasteiger partial charge is 0.508 e. The Morgan fingerprint density at radius 1 is 1.33 bits per heavy atom. The van der Waals surface area contributed by atoms with Crippen molar-refractivity contribution in [1.29, 1.82) is 0 Å². The lowest BCUT2D eigenvalue weighted by Gasteiger charge is -2.16. The van der Waals surface area contributed by atoms with Crippen LogP contribution in [0.25, 0.3) is 0 Å². The van der Waals surface area contributed by atoms with Gasteiger partial charge in [0, 0.05) is 18.2 Å². The lowest BCUT2D eigenvalue weighted by Crippen LogP contribution is -2.18. The average Bonchev–Trinajstić information content (AvgIpc) is 2.73. The molecular weight excluding hydrogens is 190 g/mol. The molecule has 3 heteroatoms. The Bertz CT molecular complexity index is 332. The maximum atomic E-state index is 9.34. The van der Waals surface area contributed by atoms with Gasteiger partial charge in [-0.2, -0.15) is 0 Å². The zero-order valence-corrected chi connectivity index (χ0v) is 9.07. The first-order valence-corrected chi connectivity index (χ1v) is 5.38. The Balaban J connectivity index is 2.12. The van der Waals surface area contributed by atoms with Gasteiger partial charge in [0.15, 0.2) is 0 Å². The number of hydrogen-bond donors (Lipinski definition) is 1. The molecule has 1 aliphatic heterocycles. The van der Waals surface area contributed by atoms with Gasteiger partial charge in [-0.15, -0.1) is 0 Å². The monoisotopic (exact) mass is 207 g/mol. The third kappa shape index (κ3) is 2.42. The molecule has 1 aliphatic rings. The first kappa shape index (κ1) is 10.3. The highest BCUT2D eigenvalue weighted by molar-refractivity contribution is 5.39. The number of hydrogen-bond acceptors (Lipinski definition) is 3. The van der Waals surface area contributed by atoms with Gasteiger partial charge < -0.3 is 9.84 Å². The minimum Gasteiger partial charge on any atom is -0.508 e. The van der Waals surface area contributed by atoms with E-state index in [1.807, 2.05) is 6.07 Å². The van der Waals surface area contributed by atoms with Crippen LogP contribution in [0, 0.1) is 0 Å². The molecule has 0 bridgehead atoms. The van der Waals surface area contributed by atoms with Gasteiger partial charge in [0.1, 0.15) is 11.5 Å². The van der Waals surface area contributed by atoms with Gasteiger partial charge >= 0.3 is 0 Å². The number of nitrogens with zero attached hydrogens (tertiary/aromatic N) is 1. The zero-order chi connectivity index (χ0) is 10.7. The molecule has 0 amide bonds. The van der Waals surface area contributed by atoms with E-state index in [9.17, 15) is 5.11 Å². The van der Waals surface area contributed by atoms with Crippen LogP contribution in [0.5, 0.6) is 11.5 Å². The Kier molecular flexibility index (Phi) is 3.11. The van der Waals surface area contributed by atoms with E-state index in [2.05, 4.69) is 4.90 Å². The van der Waals surface area contributed by atoms with Crippen molar-refractivity contribution in [1.82, 2.24) is 4.90 Å². The maximum Gasteiger partial charge on any atom is 0.127 e. The minimum atomic E-state index is 0.261. The molecule has 0 unspecified atom stereocenters. The van der Waals surface area contributed by atoms with Crippen LogP contribution in [-0.4, -0.2) is 30.2 Å². The summed E-state index contributed by atoms with van der Waals surface area (Å²) in [5.41, 5.74) is 1.15. The van der Waals surface area contributed by atoms with Gasteiger partial charge in [-0.25, -0.2) is 0 Å². The third-order valence-electron chi connectivity index (χ3n) is 2.86. The SMILES string of the molecule is COc1cc(O)ccc1CN1CCCC1. The van der Waals surface area contributed by atoms with E-state index in [4.69, 9.17) is 4.74 Å². The van der Waals surface area contributed by atoms with Gasteiger partial charge in [-0.1, -0.05) is 6.07 Å². The Morgan fingerprint density at radius 2 is 2.07 bits per heavy atom. The predicted octanol–water partition coefficient (Wildman–Crippen LogP) is 2.00. The summed E-state index contributed by atoms with van der Waals surface area (Å²) in [6.45, 7) is 3.26. The standard InChI is InChI=1S/C12H17NO2/c1-15-12-8-11(14)5-4-10(12)9-13-6-2-3-7-13/h4-5,8,14H,2-3,6-7,9H2,1H3. The van der Waals surface area contributed by atoms with Crippen molar-refractivity contribution in [2.24, 2.45) is 0 Å². The molecule has 1 aromatic carbocycles. The van der Waals surface area contributed by atoms with Crippen molar-refractivity contribution in [3.8, 4) is 11.5 Å². The molecule has 15 heavy (non-hydrogen) atoms. The van der Waals surface area contributed by atoms with Gasteiger partial charge in [0.2, 0.25) is 0 Å². The van der Waals surface area contributed by atoms with Gasteiger partial charge in [0.05, 0.1) is 7.11 Å². The second kappa shape index (κ2) is 4.53. The van der Waals surface area contributed by atoms with E-state index in [1.54, 1.807) is 19.2 Å². The van der Waals surface area contributed by atoms with E-state index >= 15 is 0 Å². The third-order valence-corrected chi connectivity index (χ3v) is 2.86. The summed E-state index contributed by atoms with van der Waals surface area (Å²) < 4.78 is 5.25. The van der Waals surface area contributed by atoms with Crippen LogP contribution in [0.1, 0.15) is 18.4 Å². The number of likely N-dealkylation sites (tertiary alicyclic amines) is 1. The molecule has 1 heterocycles. The highest BCUT2D eigenvalue weighted by Crippen LogP contribution is 2.25. The molecule has 0 saturated carbocycles. The van der Waals surface area contributed by atoms with E-state index < -0.39 is 0 Å². The summed E-state index contributed by atoms with van der Waals surface area (Å²) in [7, 11) is 1.64. The number of ether oxygens (including phenoxy) is 1. The van der Waals surface area contributed by atoms with E-state index in [0.29, 0.717) is 0 Å². The van der Waals surface area contributed by atoms with Crippen molar-refractivity contribution in [2.45, 2.75) is 19.4 Å². The van der Waals surface area contributed by atoms with Crippen molar-refractivity contribution in [3.63, 3.8) is 0 Å². The molecule has 2 rings (SSSR count). The molecule has 0 atom stereocenters. The average molecular weight is 207 g/mol. The van der Waals surface area contributed by atoms with Gasteiger partial charge in [0.25, 0.3) is 0 Å². The molecule has 82 valence electrons. The molecule has 1 fully saturated rings. The summed E-state index contributed by atoms with van der Waals surface area (Å²) in [6.07, 6.45) is 2.58. The Labute approximate surface area is 90.3 Å². The number of methoxy groups -OCH3 is 1. The van der Waals surface area contributed by atoms with Crippen molar-refractivity contribution >= 4 is 0 Å². The fraction of sp³-hybridized carbons (Fsp3) is 0.500. The van der Waals surface area contributed by atoms with Crippen LogP contribution in [0.4, 0.5) is 0 Å². The first-order valence-electron chi connectivity index (χ1n) is 5.38. The Morgan fingerprint density at radius 3 is 2.73 bits per heavy atom. The molecule has 0 aromatic heterocycles. The fourth-order valence-electron chi connectivity index (χ4n) is 2.05.